The average molecular weight is 281 g/mol. The Morgan fingerprint density at radius 1 is 1.25 bits per heavy atom. The fraction of sp³-hybridized carbons (Fsp3) is 0.733. The number of carbonyl (C=O) groups excluding carboxylic acids is 1. The molecule has 0 spiro atoms. The van der Waals surface area contributed by atoms with E-state index in [2.05, 4.69) is 5.32 Å². The zero-order valence-corrected chi connectivity index (χ0v) is 11.9. The van der Waals surface area contributed by atoms with Gasteiger partial charge in [-0.15, -0.1) is 0 Å². The third-order valence-electron chi connectivity index (χ3n) is 4.30. The number of ether oxygens (including phenoxy) is 1. The van der Waals surface area contributed by atoms with E-state index in [1.807, 2.05) is 19.1 Å². The van der Waals surface area contributed by atoms with Gasteiger partial charge in [-0.05, 0) is 38.0 Å². The summed E-state index contributed by atoms with van der Waals surface area (Å²) in [4.78, 5) is 23.7. The summed E-state index contributed by atoms with van der Waals surface area (Å²) >= 11 is 0. The van der Waals surface area contributed by atoms with Gasteiger partial charge in [0.1, 0.15) is 0 Å². The standard InChI is InChI=1S/C15H23NO4/c1-2-20-9-3-8-16-14(17)12-10-4-6-11(7-5-10)13(12)15(18)19/h4,6,10-13H,2-3,5,7-9H2,1H3,(H,16,17)(H,18,19). The van der Waals surface area contributed by atoms with Crippen LogP contribution in [-0.4, -0.2) is 36.7 Å². The van der Waals surface area contributed by atoms with Crippen LogP contribution in [0.3, 0.4) is 0 Å². The first-order valence-corrected chi connectivity index (χ1v) is 7.41. The molecule has 5 heteroatoms. The molecule has 0 aromatic heterocycles. The summed E-state index contributed by atoms with van der Waals surface area (Å²) in [5, 5.41) is 12.3. The van der Waals surface area contributed by atoms with Gasteiger partial charge in [-0.1, -0.05) is 12.2 Å². The Morgan fingerprint density at radius 3 is 2.45 bits per heavy atom. The van der Waals surface area contributed by atoms with Gasteiger partial charge in [-0.2, -0.15) is 0 Å². The number of carboxylic acid groups (broad SMARTS) is 1. The maximum Gasteiger partial charge on any atom is 0.307 e. The van der Waals surface area contributed by atoms with Crippen molar-refractivity contribution in [1.82, 2.24) is 5.32 Å². The van der Waals surface area contributed by atoms with Crippen molar-refractivity contribution in [3.8, 4) is 0 Å². The molecule has 112 valence electrons. The van der Waals surface area contributed by atoms with Crippen LogP contribution in [0.15, 0.2) is 12.2 Å². The molecule has 0 aliphatic heterocycles. The van der Waals surface area contributed by atoms with Crippen molar-refractivity contribution in [1.29, 1.82) is 0 Å². The topological polar surface area (TPSA) is 75.6 Å². The van der Waals surface area contributed by atoms with E-state index in [4.69, 9.17) is 4.74 Å². The lowest BCUT2D eigenvalue weighted by molar-refractivity contribution is -0.153. The van der Waals surface area contributed by atoms with Crippen LogP contribution < -0.4 is 5.32 Å². The number of allylic oxidation sites excluding steroid dienone is 2. The lowest BCUT2D eigenvalue weighted by atomic mass is 9.62. The van der Waals surface area contributed by atoms with Crippen LogP contribution in [-0.2, 0) is 14.3 Å². The highest BCUT2D eigenvalue weighted by molar-refractivity contribution is 5.86. The molecule has 1 amide bonds. The molecule has 3 aliphatic rings. The second-order valence-corrected chi connectivity index (χ2v) is 5.52. The first-order valence-electron chi connectivity index (χ1n) is 7.41. The lowest BCUT2D eigenvalue weighted by Crippen LogP contribution is -2.49. The van der Waals surface area contributed by atoms with Gasteiger partial charge < -0.3 is 15.2 Å². The number of aliphatic carboxylic acids is 1. The summed E-state index contributed by atoms with van der Waals surface area (Å²) in [6.07, 6.45) is 6.56. The zero-order valence-electron chi connectivity index (χ0n) is 11.9. The van der Waals surface area contributed by atoms with E-state index < -0.39 is 17.8 Å². The van der Waals surface area contributed by atoms with Gasteiger partial charge in [0.15, 0.2) is 0 Å². The zero-order chi connectivity index (χ0) is 14.5. The first kappa shape index (κ1) is 15.0. The van der Waals surface area contributed by atoms with Crippen molar-refractivity contribution in [2.24, 2.45) is 23.7 Å². The van der Waals surface area contributed by atoms with Gasteiger partial charge in [0, 0.05) is 19.8 Å². The van der Waals surface area contributed by atoms with Gasteiger partial charge >= 0.3 is 5.97 Å². The van der Waals surface area contributed by atoms with Gasteiger partial charge in [0.2, 0.25) is 5.91 Å². The number of hydrogen-bond acceptors (Lipinski definition) is 3. The molecule has 1 fully saturated rings. The van der Waals surface area contributed by atoms with Crippen molar-refractivity contribution in [3.63, 3.8) is 0 Å². The number of hydrogen-bond donors (Lipinski definition) is 2. The fourth-order valence-electron chi connectivity index (χ4n) is 3.34. The van der Waals surface area contributed by atoms with Gasteiger partial charge in [-0.25, -0.2) is 0 Å². The van der Waals surface area contributed by atoms with Crippen molar-refractivity contribution in [2.75, 3.05) is 19.8 Å². The molecule has 0 aromatic rings. The normalized spacial score (nSPS) is 31.2. The summed E-state index contributed by atoms with van der Waals surface area (Å²) in [5.41, 5.74) is 0. The summed E-state index contributed by atoms with van der Waals surface area (Å²) in [7, 11) is 0. The second kappa shape index (κ2) is 6.88. The molecule has 2 bridgehead atoms. The molecular weight excluding hydrogens is 258 g/mol. The maximum atomic E-state index is 12.3. The molecule has 5 nitrogen and oxygen atoms in total. The third-order valence-corrected chi connectivity index (χ3v) is 4.30. The Balaban J connectivity index is 1.90. The van der Waals surface area contributed by atoms with Crippen molar-refractivity contribution in [3.05, 3.63) is 12.2 Å². The van der Waals surface area contributed by atoms with Crippen LogP contribution in [0.2, 0.25) is 0 Å². The molecular formula is C15H23NO4. The molecule has 0 heterocycles. The Hall–Kier alpha value is -1.36. The minimum atomic E-state index is -0.849. The van der Waals surface area contributed by atoms with Crippen molar-refractivity contribution in [2.45, 2.75) is 26.2 Å². The highest BCUT2D eigenvalue weighted by atomic mass is 16.5. The predicted octanol–water partition coefficient (Wildman–Crippen LogP) is 1.44. The van der Waals surface area contributed by atoms with Gasteiger partial charge in [0.05, 0.1) is 11.8 Å². The SMILES string of the molecule is CCOCCCNC(=O)C1C2C=CC(CC2)C1C(=O)O. The van der Waals surface area contributed by atoms with Crippen LogP contribution in [0.4, 0.5) is 0 Å². The second-order valence-electron chi connectivity index (χ2n) is 5.52. The predicted molar refractivity (Wildman–Crippen MR) is 74.1 cm³/mol. The first-order chi connectivity index (χ1) is 9.65. The number of carbonyl (C=O) groups is 2. The third kappa shape index (κ3) is 3.20. The quantitative estimate of drug-likeness (QED) is 0.547. The maximum absolute atomic E-state index is 12.3. The molecule has 20 heavy (non-hydrogen) atoms. The van der Waals surface area contributed by atoms with Crippen LogP contribution in [0.1, 0.15) is 26.2 Å². The molecule has 4 atom stereocenters. The van der Waals surface area contributed by atoms with Crippen LogP contribution >= 0.6 is 0 Å². The van der Waals surface area contributed by atoms with E-state index in [-0.39, 0.29) is 17.7 Å². The Morgan fingerprint density at radius 2 is 1.90 bits per heavy atom. The van der Waals surface area contributed by atoms with E-state index in [0.29, 0.717) is 19.8 Å². The van der Waals surface area contributed by atoms with E-state index in [9.17, 15) is 14.7 Å². The highest BCUT2D eigenvalue weighted by Gasteiger charge is 2.47. The monoisotopic (exact) mass is 281 g/mol. The van der Waals surface area contributed by atoms with E-state index >= 15 is 0 Å². The largest absolute Gasteiger partial charge is 0.481 e. The number of amides is 1. The minimum absolute atomic E-state index is 0.0108. The van der Waals surface area contributed by atoms with Crippen LogP contribution in [0.25, 0.3) is 0 Å². The van der Waals surface area contributed by atoms with Crippen LogP contribution in [0, 0.1) is 23.7 Å². The molecule has 4 unspecified atom stereocenters. The summed E-state index contributed by atoms with van der Waals surface area (Å²) in [6.45, 7) is 3.77. The molecule has 0 aromatic carbocycles. The number of fused-ring (bicyclic) bond motifs is 2. The smallest absolute Gasteiger partial charge is 0.307 e. The summed E-state index contributed by atoms with van der Waals surface area (Å²) in [6, 6.07) is 0. The molecule has 2 N–H and O–H groups in total. The van der Waals surface area contributed by atoms with Gasteiger partial charge in [0.25, 0.3) is 0 Å². The molecule has 0 radical (unpaired) electrons. The Kier molecular flexibility index (Phi) is 5.17. The molecule has 1 saturated carbocycles. The van der Waals surface area contributed by atoms with Crippen LogP contribution in [0.5, 0.6) is 0 Å². The van der Waals surface area contributed by atoms with Crippen molar-refractivity contribution >= 4 is 11.9 Å². The Bertz CT molecular complexity index is 393. The minimum Gasteiger partial charge on any atom is -0.481 e. The Labute approximate surface area is 119 Å². The fourth-order valence-corrected chi connectivity index (χ4v) is 3.34. The molecule has 3 aliphatic carbocycles. The van der Waals surface area contributed by atoms with Crippen molar-refractivity contribution < 1.29 is 19.4 Å². The van der Waals surface area contributed by atoms with E-state index in [1.165, 1.54) is 0 Å². The summed E-state index contributed by atoms with van der Waals surface area (Å²) in [5.74, 6) is -1.86. The number of nitrogens with one attached hydrogen (secondary N) is 1. The lowest BCUT2D eigenvalue weighted by Gasteiger charge is -2.41. The highest BCUT2D eigenvalue weighted by Crippen LogP contribution is 2.44. The van der Waals surface area contributed by atoms with E-state index in [0.717, 1.165) is 19.3 Å². The van der Waals surface area contributed by atoms with Gasteiger partial charge in [-0.3, -0.25) is 9.59 Å². The van der Waals surface area contributed by atoms with E-state index in [1.54, 1.807) is 0 Å². The molecule has 0 saturated heterocycles. The summed E-state index contributed by atoms with van der Waals surface area (Å²) < 4.78 is 5.21. The number of carboxylic acids is 1. The number of rotatable bonds is 7. The average Bonchev–Trinajstić information content (AvgIpc) is 2.47. The molecule has 3 rings (SSSR count).